The number of rotatable bonds is 27. The molecule has 190 valence electrons. The first-order valence-corrected chi connectivity index (χ1v) is 14.6. The highest BCUT2D eigenvalue weighted by molar-refractivity contribution is 5.64. The zero-order valence-corrected chi connectivity index (χ0v) is 21.9. The molecule has 0 aliphatic carbocycles. The Morgan fingerprint density at radius 2 is 0.750 bits per heavy atom. The van der Waals surface area contributed by atoms with Crippen molar-refractivity contribution in [1.29, 1.82) is 0 Å². The lowest BCUT2D eigenvalue weighted by Crippen LogP contribution is -2.21. The Morgan fingerprint density at radius 1 is 0.469 bits per heavy atom. The van der Waals surface area contributed by atoms with Gasteiger partial charge in [-0.05, 0) is 38.5 Å². The van der Waals surface area contributed by atoms with Gasteiger partial charge in [0.05, 0.1) is 0 Å². The maximum atomic E-state index is 10.3. The van der Waals surface area contributed by atoms with Crippen molar-refractivity contribution < 1.29 is 9.90 Å². The number of allylic oxidation sites excluding steroid dienone is 2. The van der Waals surface area contributed by atoms with Gasteiger partial charge in [-0.2, -0.15) is 0 Å². The highest BCUT2D eigenvalue weighted by atomic mass is 16.4. The first-order valence-electron chi connectivity index (χ1n) is 14.6. The van der Waals surface area contributed by atoms with Gasteiger partial charge in [0.1, 0.15) is 0 Å². The molecular weight excluding hydrogens is 392 g/mol. The molecule has 0 bridgehead atoms. The monoisotopic (exact) mass is 449 g/mol. The molecule has 0 aromatic heterocycles. The number of hydrogen-bond donors (Lipinski definition) is 0. The van der Waals surface area contributed by atoms with Gasteiger partial charge in [-0.3, -0.25) is 0 Å². The zero-order valence-electron chi connectivity index (χ0n) is 21.9. The molecule has 0 heterocycles. The molecule has 0 aromatic rings. The van der Waals surface area contributed by atoms with Gasteiger partial charge in [0, 0.05) is 5.97 Å². The van der Waals surface area contributed by atoms with E-state index in [1.807, 2.05) is 0 Å². The molecule has 0 atom stereocenters. The molecule has 0 radical (unpaired) electrons. The summed E-state index contributed by atoms with van der Waals surface area (Å²) < 4.78 is 0. The third-order valence-electron chi connectivity index (χ3n) is 6.64. The van der Waals surface area contributed by atoms with Crippen molar-refractivity contribution in [3.8, 4) is 0 Å². The molecule has 32 heavy (non-hydrogen) atoms. The second-order valence-corrected chi connectivity index (χ2v) is 9.95. The molecule has 0 N–H and O–H groups in total. The summed E-state index contributed by atoms with van der Waals surface area (Å²) in [6, 6.07) is 0. The number of carboxylic acid groups (broad SMARTS) is 1. The standard InChI is InChI=1S/C30H58O2/c1-2-3-4-5-6-7-8-9-10-11-12-13-14-15-16-17-18-19-20-21-22-23-24-25-26-27-28-29-30(31)32/h15-16H,2-14,17-29H2,1H3,(H,31,32)/p-1/b16-15+. The van der Waals surface area contributed by atoms with E-state index >= 15 is 0 Å². The highest BCUT2D eigenvalue weighted by Gasteiger charge is 1.95. The van der Waals surface area contributed by atoms with E-state index in [1.54, 1.807) is 0 Å². The van der Waals surface area contributed by atoms with Crippen molar-refractivity contribution in [3.63, 3.8) is 0 Å². The topological polar surface area (TPSA) is 40.1 Å². The van der Waals surface area contributed by atoms with E-state index in [1.165, 1.54) is 148 Å². The number of hydrogen-bond acceptors (Lipinski definition) is 2. The first-order chi connectivity index (χ1) is 15.8. The second-order valence-electron chi connectivity index (χ2n) is 9.95. The van der Waals surface area contributed by atoms with Gasteiger partial charge in [0.15, 0.2) is 0 Å². The van der Waals surface area contributed by atoms with Crippen LogP contribution in [0.2, 0.25) is 0 Å². The predicted octanol–water partition coefficient (Wildman–Crippen LogP) is 9.46. The van der Waals surface area contributed by atoms with E-state index in [0.717, 1.165) is 12.8 Å². The fraction of sp³-hybridized carbons (Fsp3) is 0.900. The molecule has 0 fully saturated rings. The van der Waals surface area contributed by atoms with Gasteiger partial charge in [-0.15, -0.1) is 0 Å². The van der Waals surface area contributed by atoms with Crippen LogP contribution in [0.25, 0.3) is 0 Å². The largest absolute Gasteiger partial charge is 0.550 e. The van der Waals surface area contributed by atoms with Gasteiger partial charge in [0.25, 0.3) is 0 Å². The molecule has 0 spiro atoms. The number of aliphatic carboxylic acids is 1. The Balaban J connectivity index is 3.08. The molecule has 0 saturated heterocycles. The van der Waals surface area contributed by atoms with Gasteiger partial charge in [-0.25, -0.2) is 0 Å². The fourth-order valence-electron chi connectivity index (χ4n) is 4.46. The molecule has 2 heteroatoms. The van der Waals surface area contributed by atoms with Crippen LogP contribution in [0.1, 0.15) is 174 Å². The van der Waals surface area contributed by atoms with Crippen LogP contribution in [0.15, 0.2) is 12.2 Å². The number of carboxylic acids is 1. The van der Waals surface area contributed by atoms with Crippen LogP contribution in [0.4, 0.5) is 0 Å². The smallest absolute Gasteiger partial charge is 0.0414 e. The Labute approximate surface area is 202 Å². The summed E-state index contributed by atoms with van der Waals surface area (Å²) in [5.74, 6) is -0.903. The normalized spacial score (nSPS) is 11.5. The minimum Gasteiger partial charge on any atom is -0.550 e. The summed E-state index contributed by atoms with van der Waals surface area (Å²) in [7, 11) is 0. The van der Waals surface area contributed by atoms with Gasteiger partial charge in [-0.1, -0.05) is 147 Å². The lowest BCUT2D eigenvalue weighted by atomic mass is 10.0. The Bertz CT molecular complexity index is 388. The zero-order chi connectivity index (χ0) is 23.4. The van der Waals surface area contributed by atoms with Crippen LogP contribution < -0.4 is 5.11 Å². The molecule has 0 saturated carbocycles. The summed E-state index contributed by atoms with van der Waals surface area (Å²) in [6.45, 7) is 2.29. The van der Waals surface area contributed by atoms with Gasteiger partial charge in [0.2, 0.25) is 0 Å². The van der Waals surface area contributed by atoms with Crippen molar-refractivity contribution in [3.05, 3.63) is 12.2 Å². The summed E-state index contributed by atoms with van der Waals surface area (Å²) in [4.78, 5) is 10.3. The summed E-state index contributed by atoms with van der Waals surface area (Å²) >= 11 is 0. The Morgan fingerprint density at radius 3 is 1.06 bits per heavy atom. The molecule has 0 unspecified atom stereocenters. The summed E-state index contributed by atoms with van der Waals surface area (Å²) in [6.07, 6.45) is 38.6. The van der Waals surface area contributed by atoms with Crippen LogP contribution in [0, 0.1) is 0 Å². The second kappa shape index (κ2) is 28.2. The average molecular weight is 450 g/mol. The maximum absolute atomic E-state index is 10.3. The van der Waals surface area contributed by atoms with Crippen LogP contribution >= 0.6 is 0 Å². The van der Waals surface area contributed by atoms with Crippen LogP contribution in [0.5, 0.6) is 0 Å². The van der Waals surface area contributed by atoms with Crippen molar-refractivity contribution in [2.45, 2.75) is 174 Å². The minimum absolute atomic E-state index is 0.231. The Kier molecular flexibility index (Phi) is 27.5. The number of carbonyl (C=O) groups is 1. The number of unbranched alkanes of at least 4 members (excludes halogenated alkanes) is 23. The van der Waals surface area contributed by atoms with Crippen molar-refractivity contribution in [2.75, 3.05) is 0 Å². The average Bonchev–Trinajstić information content (AvgIpc) is 2.78. The van der Waals surface area contributed by atoms with Crippen molar-refractivity contribution in [2.24, 2.45) is 0 Å². The van der Waals surface area contributed by atoms with E-state index in [-0.39, 0.29) is 6.42 Å². The van der Waals surface area contributed by atoms with E-state index in [0.29, 0.717) is 0 Å². The molecule has 0 aromatic carbocycles. The molecular formula is C30H57O2-. The van der Waals surface area contributed by atoms with Crippen LogP contribution in [-0.2, 0) is 4.79 Å². The predicted molar refractivity (Wildman–Crippen MR) is 140 cm³/mol. The maximum Gasteiger partial charge on any atom is 0.0414 e. The molecule has 0 rings (SSSR count). The van der Waals surface area contributed by atoms with E-state index in [9.17, 15) is 9.90 Å². The SMILES string of the molecule is CCCCCCCCCCCCCC/C=C/CCCCCCCCCCCCCC(=O)[O-]. The van der Waals surface area contributed by atoms with Crippen LogP contribution in [-0.4, -0.2) is 5.97 Å². The van der Waals surface area contributed by atoms with Crippen molar-refractivity contribution >= 4 is 5.97 Å². The van der Waals surface area contributed by atoms with Gasteiger partial charge < -0.3 is 9.90 Å². The van der Waals surface area contributed by atoms with Crippen molar-refractivity contribution in [1.82, 2.24) is 0 Å². The lowest BCUT2D eigenvalue weighted by molar-refractivity contribution is -0.305. The van der Waals surface area contributed by atoms with Crippen LogP contribution in [0.3, 0.4) is 0 Å². The first kappa shape index (κ1) is 31.2. The third-order valence-corrected chi connectivity index (χ3v) is 6.64. The molecule has 0 amide bonds. The summed E-state index contributed by atoms with van der Waals surface area (Å²) in [5, 5.41) is 10.3. The van der Waals surface area contributed by atoms with E-state index in [2.05, 4.69) is 19.1 Å². The lowest BCUT2D eigenvalue weighted by Gasteiger charge is -2.03. The minimum atomic E-state index is -0.903. The quantitative estimate of drug-likeness (QED) is 0.0925. The van der Waals surface area contributed by atoms with Gasteiger partial charge >= 0.3 is 0 Å². The molecule has 0 aliphatic rings. The fourth-order valence-corrected chi connectivity index (χ4v) is 4.46. The Hall–Kier alpha value is -0.790. The summed E-state index contributed by atoms with van der Waals surface area (Å²) in [5.41, 5.74) is 0. The molecule has 2 nitrogen and oxygen atoms in total. The highest BCUT2D eigenvalue weighted by Crippen LogP contribution is 2.14. The third kappa shape index (κ3) is 29.2. The number of carbonyl (C=O) groups excluding carboxylic acids is 1. The van der Waals surface area contributed by atoms with E-state index in [4.69, 9.17) is 0 Å². The van der Waals surface area contributed by atoms with E-state index < -0.39 is 5.97 Å². The molecule has 0 aliphatic heterocycles.